The Labute approximate surface area is 191 Å². The van der Waals surface area contributed by atoms with Crippen LogP contribution >= 0.6 is 11.8 Å². The van der Waals surface area contributed by atoms with Crippen molar-refractivity contribution in [1.82, 2.24) is 19.3 Å². The molecule has 1 saturated heterocycles. The van der Waals surface area contributed by atoms with Gasteiger partial charge in [-0.1, -0.05) is 11.8 Å². The lowest BCUT2D eigenvalue weighted by Gasteiger charge is -2.14. The van der Waals surface area contributed by atoms with Crippen molar-refractivity contribution in [2.45, 2.75) is 63.4 Å². The third-order valence-corrected chi connectivity index (χ3v) is 7.23. The van der Waals surface area contributed by atoms with Crippen LogP contribution in [-0.4, -0.2) is 43.6 Å². The molecule has 2 aromatic heterocycles. The van der Waals surface area contributed by atoms with Crippen molar-refractivity contribution in [3.63, 3.8) is 0 Å². The molecule has 3 aromatic rings. The van der Waals surface area contributed by atoms with Crippen LogP contribution in [0.1, 0.15) is 53.5 Å². The lowest BCUT2D eigenvalue weighted by atomic mass is 10.2. The summed E-state index contributed by atoms with van der Waals surface area (Å²) < 4.78 is 23.6. The number of hydrogen-bond donors (Lipinski definition) is 0. The maximum Gasteiger partial charge on any atom is 0.192 e. The monoisotopic (exact) mass is 454 g/mol. The zero-order valence-corrected chi connectivity index (χ0v) is 19.2. The first-order valence-electron chi connectivity index (χ1n) is 11.2. The first-order chi connectivity index (χ1) is 15.5. The van der Waals surface area contributed by atoms with Crippen molar-refractivity contribution < 1.29 is 13.9 Å². The van der Waals surface area contributed by atoms with Gasteiger partial charge in [-0.15, -0.1) is 10.2 Å². The Balaban J connectivity index is 1.37. The van der Waals surface area contributed by atoms with Crippen LogP contribution in [0.25, 0.3) is 11.4 Å². The average molecular weight is 455 g/mol. The molecule has 0 amide bonds. The Kier molecular flexibility index (Phi) is 5.90. The lowest BCUT2D eigenvalue weighted by Crippen LogP contribution is -2.17. The van der Waals surface area contributed by atoms with Crippen molar-refractivity contribution in [3.05, 3.63) is 53.1 Å². The molecule has 2 fully saturated rings. The molecule has 0 spiro atoms. The minimum absolute atomic E-state index is 0.0951. The predicted octanol–water partition coefficient (Wildman–Crippen LogP) is 4.99. The Bertz CT molecular complexity index is 1130. The summed E-state index contributed by atoms with van der Waals surface area (Å²) in [6, 6.07) is 8.82. The highest BCUT2D eigenvalue weighted by atomic mass is 32.2. The zero-order chi connectivity index (χ0) is 22.2. The van der Waals surface area contributed by atoms with Gasteiger partial charge < -0.3 is 9.30 Å². The highest BCUT2D eigenvalue weighted by Gasteiger charge is 2.29. The fraction of sp³-hybridized carbons (Fsp3) is 0.458. The lowest BCUT2D eigenvalue weighted by molar-refractivity contribution is 0.0953. The molecule has 8 heteroatoms. The van der Waals surface area contributed by atoms with E-state index in [0.717, 1.165) is 42.0 Å². The first kappa shape index (κ1) is 21.4. The fourth-order valence-corrected chi connectivity index (χ4v) is 5.36. The van der Waals surface area contributed by atoms with Gasteiger partial charge in [0.05, 0.1) is 18.4 Å². The van der Waals surface area contributed by atoms with Crippen molar-refractivity contribution in [3.8, 4) is 11.4 Å². The maximum absolute atomic E-state index is 13.4. The van der Waals surface area contributed by atoms with E-state index in [1.54, 1.807) is 12.1 Å². The predicted molar refractivity (Wildman–Crippen MR) is 122 cm³/mol. The summed E-state index contributed by atoms with van der Waals surface area (Å²) in [4.78, 5) is 13.1. The first-order valence-corrected chi connectivity index (χ1v) is 12.1. The molecular formula is C24H27FN4O2S. The second-order valence-corrected chi connectivity index (χ2v) is 9.60. The molecule has 6 nitrogen and oxygen atoms in total. The van der Waals surface area contributed by atoms with Gasteiger partial charge >= 0.3 is 0 Å². The Morgan fingerprint density at radius 1 is 1.19 bits per heavy atom. The molecule has 1 aliphatic carbocycles. The van der Waals surface area contributed by atoms with Crippen molar-refractivity contribution in [2.24, 2.45) is 0 Å². The topological polar surface area (TPSA) is 61.9 Å². The van der Waals surface area contributed by atoms with E-state index in [-0.39, 0.29) is 17.7 Å². The van der Waals surface area contributed by atoms with Crippen LogP contribution < -0.4 is 0 Å². The van der Waals surface area contributed by atoms with Gasteiger partial charge in [-0.3, -0.25) is 9.36 Å². The van der Waals surface area contributed by atoms with E-state index < -0.39 is 0 Å². The highest BCUT2D eigenvalue weighted by molar-refractivity contribution is 7.99. The molecule has 0 unspecified atom stereocenters. The molecule has 1 saturated carbocycles. The quantitative estimate of drug-likeness (QED) is 0.354. The second kappa shape index (κ2) is 8.83. The molecule has 3 heterocycles. The van der Waals surface area contributed by atoms with Gasteiger partial charge in [0.15, 0.2) is 16.8 Å². The second-order valence-electron chi connectivity index (χ2n) is 8.66. The summed E-state index contributed by atoms with van der Waals surface area (Å²) in [6.07, 6.45) is 4.50. The molecule has 5 rings (SSSR count). The summed E-state index contributed by atoms with van der Waals surface area (Å²) in [5.74, 6) is 0.775. The molecule has 1 atom stereocenters. The van der Waals surface area contributed by atoms with Crippen LogP contribution in [-0.2, 0) is 11.3 Å². The van der Waals surface area contributed by atoms with Gasteiger partial charge in [0.1, 0.15) is 5.82 Å². The number of benzene rings is 1. The number of aryl methyl sites for hydroxylation is 1. The van der Waals surface area contributed by atoms with Gasteiger partial charge in [-0.2, -0.15) is 0 Å². The third-order valence-electron chi connectivity index (χ3n) is 6.26. The maximum atomic E-state index is 13.4. The number of Topliss-reactive ketones (excluding diaryl/α,β-unsaturated/α-hetero) is 1. The van der Waals surface area contributed by atoms with Gasteiger partial charge in [0, 0.05) is 35.2 Å². The number of aromatic nitrogens is 4. The van der Waals surface area contributed by atoms with E-state index in [1.165, 1.54) is 36.7 Å². The SMILES string of the molecule is Cc1cc(C(=O)CSc2nnc(-c3ccc(F)cc3)n2C[C@H]2CCCO2)c(C)n1C1CC1. The molecule has 0 N–H and O–H groups in total. The molecule has 32 heavy (non-hydrogen) atoms. The third kappa shape index (κ3) is 4.26. The number of hydrogen-bond acceptors (Lipinski definition) is 5. The summed E-state index contributed by atoms with van der Waals surface area (Å²) in [5, 5.41) is 9.43. The largest absolute Gasteiger partial charge is 0.376 e. The minimum Gasteiger partial charge on any atom is -0.376 e. The van der Waals surface area contributed by atoms with Crippen LogP contribution in [0.2, 0.25) is 0 Å². The van der Waals surface area contributed by atoms with E-state index in [1.807, 2.05) is 17.6 Å². The Morgan fingerprint density at radius 3 is 2.66 bits per heavy atom. The van der Waals surface area contributed by atoms with Crippen LogP contribution in [0.3, 0.4) is 0 Å². The number of carbonyl (C=O) groups is 1. The van der Waals surface area contributed by atoms with E-state index in [0.29, 0.717) is 29.3 Å². The fourth-order valence-electron chi connectivity index (χ4n) is 4.53. The number of thioether (sulfide) groups is 1. The summed E-state index contributed by atoms with van der Waals surface area (Å²) >= 11 is 1.40. The van der Waals surface area contributed by atoms with E-state index >= 15 is 0 Å². The number of rotatable bonds is 8. The number of halogens is 1. The average Bonchev–Trinajstić information content (AvgIpc) is 3.18. The van der Waals surface area contributed by atoms with Crippen LogP contribution in [0, 0.1) is 19.7 Å². The van der Waals surface area contributed by atoms with E-state index in [4.69, 9.17) is 4.74 Å². The number of carbonyl (C=O) groups excluding carboxylic acids is 1. The Hall–Kier alpha value is -2.45. The summed E-state index contributed by atoms with van der Waals surface area (Å²) in [6.45, 7) is 5.49. The Morgan fingerprint density at radius 2 is 1.97 bits per heavy atom. The van der Waals surface area contributed by atoms with Crippen molar-refractivity contribution in [1.29, 1.82) is 0 Å². The van der Waals surface area contributed by atoms with Crippen molar-refractivity contribution >= 4 is 17.5 Å². The molecule has 1 aliphatic heterocycles. The van der Waals surface area contributed by atoms with Gasteiger partial charge in [0.2, 0.25) is 0 Å². The molecule has 168 valence electrons. The van der Waals surface area contributed by atoms with E-state index in [2.05, 4.69) is 21.7 Å². The summed E-state index contributed by atoms with van der Waals surface area (Å²) in [5.41, 5.74) is 3.80. The zero-order valence-electron chi connectivity index (χ0n) is 18.4. The normalized spacial score (nSPS) is 18.4. The van der Waals surface area contributed by atoms with Gasteiger partial charge in [0.25, 0.3) is 0 Å². The number of ketones is 1. The summed E-state index contributed by atoms with van der Waals surface area (Å²) in [7, 11) is 0. The van der Waals surface area contributed by atoms with Crippen LogP contribution in [0.4, 0.5) is 4.39 Å². The van der Waals surface area contributed by atoms with Crippen LogP contribution in [0.15, 0.2) is 35.5 Å². The number of nitrogens with zero attached hydrogens (tertiary/aromatic N) is 4. The number of ether oxygens (including phenoxy) is 1. The molecule has 0 radical (unpaired) electrons. The molecular weight excluding hydrogens is 427 g/mol. The van der Waals surface area contributed by atoms with E-state index in [9.17, 15) is 9.18 Å². The van der Waals surface area contributed by atoms with Crippen LogP contribution in [0.5, 0.6) is 0 Å². The van der Waals surface area contributed by atoms with Gasteiger partial charge in [-0.05, 0) is 69.9 Å². The standard InChI is InChI=1S/C24H27FN4O2S/c1-15-12-21(16(2)29(15)19-9-10-19)22(30)14-32-24-27-26-23(17-5-7-18(25)8-6-17)28(24)13-20-4-3-11-31-20/h5-8,12,19-20H,3-4,9-11,13-14H2,1-2H3/t20-/m1/s1. The van der Waals surface area contributed by atoms with Crippen molar-refractivity contribution in [2.75, 3.05) is 12.4 Å². The smallest absolute Gasteiger partial charge is 0.192 e. The van der Waals surface area contributed by atoms with Gasteiger partial charge in [-0.25, -0.2) is 4.39 Å². The molecule has 0 bridgehead atoms. The minimum atomic E-state index is -0.289. The molecule has 2 aliphatic rings. The highest BCUT2D eigenvalue weighted by Crippen LogP contribution is 2.38. The molecule has 1 aromatic carbocycles.